The monoisotopic (exact) mass is 263 g/mol. The fourth-order valence-electron chi connectivity index (χ4n) is 2.82. The first-order chi connectivity index (χ1) is 8.81. The molecule has 18 heavy (non-hydrogen) atoms. The van der Waals surface area contributed by atoms with Crippen molar-refractivity contribution in [1.82, 2.24) is 5.32 Å². The van der Waals surface area contributed by atoms with E-state index >= 15 is 0 Å². The van der Waals surface area contributed by atoms with Crippen molar-refractivity contribution in [3.8, 4) is 0 Å². The van der Waals surface area contributed by atoms with Crippen LogP contribution in [0.4, 0.5) is 0 Å². The van der Waals surface area contributed by atoms with Crippen LogP contribution >= 0.6 is 11.8 Å². The number of fused-ring (bicyclic) bond motifs is 1. The van der Waals surface area contributed by atoms with Crippen molar-refractivity contribution in [1.29, 1.82) is 0 Å². The second-order valence-corrected chi connectivity index (χ2v) is 6.38. The van der Waals surface area contributed by atoms with Crippen LogP contribution in [0.5, 0.6) is 0 Å². The van der Waals surface area contributed by atoms with Gasteiger partial charge in [-0.15, -0.1) is 0 Å². The Morgan fingerprint density at radius 2 is 2.17 bits per heavy atom. The van der Waals surface area contributed by atoms with Crippen LogP contribution in [0, 0.1) is 5.92 Å². The Bertz CT molecular complexity index is 364. The Balaban J connectivity index is 1.99. The predicted molar refractivity (Wildman–Crippen MR) is 82.3 cm³/mol. The van der Waals surface area contributed by atoms with Crippen molar-refractivity contribution >= 4 is 11.8 Å². The maximum atomic E-state index is 3.79. The van der Waals surface area contributed by atoms with Crippen LogP contribution in [-0.4, -0.2) is 18.6 Å². The third-order valence-electron chi connectivity index (χ3n) is 3.78. The molecular formula is C16H25NS. The Morgan fingerprint density at radius 1 is 1.33 bits per heavy atom. The van der Waals surface area contributed by atoms with Gasteiger partial charge in [-0.2, -0.15) is 11.8 Å². The average molecular weight is 263 g/mol. The van der Waals surface area contributed by atoms with Crippen LogP contribution in [0.1, 0.15) is 43.4 Å². The minimum Gasteiger partial charge on any atom is -0.310 e. The van der Waals surface area contributed by atoms with Crippen LogP contribution in [0.25, 0.3) is 0 Å². The quantitative estimate of drug-likeness (QED) is 0.805. The molecule has 1 N–H and O–H groups in total. The molecule has 2 heteroatoms. The SMILES string of the molecule is CSCC(C)CNC1CCCCc2ccccc21. The lowest BCUT2D eigenvalue weighted by molar-refractivity contribution is 0.450. The van der Waals surface area contributed by atoms with Gasteiger partial charge in [-0.05, 0) is 54.9 Å². The first kappa shape index (κ1) is 14.0. The van der Waals surface area contributed by atoms with Crippen molar-refractivity contribution < 1.29 is 0 Å². The molecule has 0 amide bonds. The summed E-state index contributed by atoms with van der Waals surface area (Å²) in [5, 5.41) is 3.79. The van der Waals surface area contributed by atoms with Gasteiger partial charge in [0, 0.05) is 6.04 Å². The predicted octanol–water partition coefficient (Wildman–Crippen LogP) is 4.04. The van der Waals surface area contributed by atoms with E-state index < -0.39 is 0 Å². The average Bonchev–Trinajstić information content (AvgIpc) is 2.59. The van der Waals surface area contributed by atoms with Gasteiger partial charge in [0.2, 0.25) is 0 Å². The van der Waals surface area contributed by atoms with Gasteiger partial charge in [0.15, 0.2) is 0 Å². The molecule has 2 atom stereocenters. The molecule has 0 aromatic heterocycles. The third-order valence-corrected chi connectivity index (χ3v) is 4.69. The molecule has 2 unspecified atom stereocenters. The molecule has 100 valence electrons. The molecule has 0 saturated carbocycles. The molecule has 1 nitrogen and oxygen atoms in total. The highest BCUT2D eigenvalue weighted by molar-refractivity contribution is 7.98. The highest BCUT2D eigenvalue weighted by atomic mass is 32.2. The second-order valence-electron chi connectivity index (χ2n) is 5.47. The minimum absolute atomic E-state index is 0.577. The van der Waals surface area contributed by atoms with E-state index in [2.05, 4.69) is 42.8 Å². The lowest BCUT2D eigenvalue weighted by atomic mass is 9.99. The zero-order valence-electron chi connectivity index (χ0n) is 11.6. The molecule has 0 radical (unpaired) electrons. The van der Waals surface area contributed by atoms with Gasteiger partial charge in [-0.25, -0.2) is 0 Å². The second kappa shape index (κ2) is 7.20. The summed E-state index contributed by atoms with van der Waals surface area (Å²) in [4.78, 5) is 0. The van der Waals surface area contributed by atoms with Crippen molar-refractivity contribution in [2.24, 2.45) is 5.92 Å². The minimum atomic E-state index is 0.577. The summed E-state index contributed by atoms with van der Waals surface area (Å²) in [7, 11) is 0. The Kier molecular flexibility index (Phi) is 5.58. The summed E-state index contributed by atoms with van der Waals surface area (Å²) in [6.45, 7) is 3.48. The molecule has 0 fully saturated rings. The summed E-state index contributed by atoms with van der Waals surface area (Å²) in [6, 6.07) is 9.56. The van der Waals surface area contributed by atoms with E-state index in [4.69, 9.17) is 0 Å². The van der Waals surface area contributed by atoms with E-state index in [1.165, 1.54) is 31.4 Å². The van der Waals surface area contributed by atoms with Gasteiger partial charge in [0.25, 0.3) is 0 Å². The van der Waals surface area contributed by atoms with E-state index in [0.717, 1.165) is 12.5 Å². The summed E-state index contributed by atoms with van der Waals surface area (Å²) >= 11 is 1.95. The topological polar surface area (TPSA) is 12.0 Å². The normalized spacial score (nSPS) is 21.1. The Hall–Kier alpha value is -0.470. The number of hydrogen-bond donors (Lipinski definition) is 1. The van der Waals surface area contributed by atoms with Crippen molar-refractivity contribution in [2.45, 2.75) is 38.6 Å². The maximum Gasteiger partial charge on any atom is 0.0323 e. The van der Waals surface area contributed by atoms with Crippen molar-refractivity contribution in [2.75, 3.05) is 18.6 Å². The standard InChI is InChI=1S/C16H25NS/c1-13(12-18-2)11-17-16-10-6-4-8-14-7-3-5-9-15(14)16/h3,5,7,9,13,16-17H,4,6,8,10-12H2,1-2H3. The number of aryl methyl sites for hydroxylation is 1. The fourth-order valence-corrected chi connectivity index (χ4v) is 3.51. The lowest BCUT2D eigenvalue weighted by Gasteiger charge is -2.21. The van der Waals surface area contributed by atoms with Gasteiger partial charge in [-0.1, -0.05) is 37.6 Å². The van der Waals surface area contributed by atoms with E-state index in [0.29, 0.717) is 6.04 Å². The first-order valence-electron chi connectivity index (χ1n) is 7.11. The van der Waals surface area contributed by atoms with Crippen LogP contribution in [0.2, 0.25) is 0 Å². The highest BCUT2D eigenvalue weighted by Crippen LogP contribution is 2.28. The Labute approximate surface area is 116 Å². The molecule has 1 aliphatic carbocycles. The van der Waals surface area contributed by atoms with Gasteiger partial charge < -0.3 is 5.32 Å². The van der Waals surface area contributed by atoms with Gasteiger partial charge in [0.1, 0.15) is 0 Å². The van der Waals surface area contributed by atoms with Gasteiger partial charge in [-0.3, -0.25) is 0 Å². The molecule has 1 aromatic rings. The summed E-state index contributed by atoms with van der Waals surface area (Å²) < 4.78 is 0. The number of benzene rings is 1. The summed E-state index contributed by atoms with van der Waals surface area (Å²) in [5.74, 6) is 2.01. The van der Waals surface area contributed by atoms with Crippen LogP contribution in [0.15, 0.2) is 24.3 Å². The van der Waals surface area contributed by atoms with Gasteiger partial charge in [0.05, 0.1) is 0 Å². The number of thioether (sulfide) groups is 1. The molecule has 0 saturated heterocycles. The number of rotatable bonds is 5. The van der Waals surface area contributed by atoms with Gasteiger partial charge >= 0.3 is 0 Å². The zero-order valence-corrected chi connectivity index (χ0v) is 12.4. The first-order valence-corrected chi connectivity index (χ1v) is 8.50. The maximum absolute atomic E-state index is 3.79. The Morgan fingerprint density at radius 3 is 3.00 bits per heavy atom. The van der Waals surface area contributed by atoms with Crippen LogP contribution in [0.3, 0.4) is 0 Å². The lowest BCUT2D eigenvalue weighted by Crippen LogP contribution is -2.27. The molecular weight excluding hydrogens is 238 g/mol. The van der Waals surface area contributed by atoms with Crippen molar-refractivity contribution in [3.63, 3.8) is 0 Å². The molecule has 0 bridgehead atoms. The molecule has 1 aliphatic rings. The fraction of sp³-hybridized carbons (Fsp3) is 0.625. The number of hydrogen-bond acceptors (Lipinski definition) is 2. The van der Waals surface area contributed by atoms with Crippen molar-refractivity contribution in [3.05, 3.63) is 35.4 Å². The number of nitrogens with one attached hydrogen (secondary N) is 1. The van der Waals surface area contributed by atoms with E-state index in [9.17, 15) is 0 Å². The molecule has 2 rings (SSSR count). The summed E-state index contributed by atoms with van der Waals surface area (Å²) in [6.07, 6.45) is 7.44. The summed E-state index contributed by atoms with van der Waals surface area (Å²) in [5.41, 5.74) is 3.11. The molecule has 0 spiro atoms. The van der Waals surface area contributed by atoms with Crippen LogP contribution < -0.4 is 5.32 Å². The van der Waals surface area contributed by atoms with E-state index in [1.54, 1.807) is 11.1 Å². The van der Waals surface area contributed by atoms with Crippen LogP contribution in [-0.2, 0) is 6.42 Å². The molecule has 1 aromatic carbocycles. The zero-order chi connectivity index (χ0) is 12.8. The van der Waals surface area contributed by atoms with E-state index in [-0.39, 0.29) is 0 Å². The highest BCUT2D eigenvalue weighted by Gasteiger charge is 2.18. The van der Waals surface area contributed by atoms with E-state index in [1.807, 2.05) is 11.8 Å². The molecule has 0 heterocycles. The third kappa shape index (κ3) is 3.76. The smallest absolute Gasteiger partial charge is 0.0323 e. The molecule has 0 aliphatic heterocycles. The largest absolute Gasteiger partial charge is 0.310 e.